The summed E-state index contributed by atoms with van der Waals surface area (Å²) in [6, 6.07) is 2.13. The Balaban J connectivity index is 2.24. The van der Waals surface area contributed by atoms with Gasteiger partial charge >= 0.3 is 0 Å². The van der Waals surface area contributed by atoms with E-state index >= 15 is 0 Å². The van der Waals surface area contributed by atoms with Crippen LogP contribution in [0.15, 0.2) is 0 Å². The van der Waals surface area contributed by atoms with E-state index in [1.807, 2.05) is 0 Å². The van der Waals surface area contributed by atoms with Gasteiger partial charge in [-0.05, 0) is 19.4 Å². The first kappa shape index (κ1) is 15.4. The zero-order valence-corrected chi connectivity index (χ0v) is 11.4. The van der Waals surface area contributed by atoms with E-state index in [0.29, 0.717) is 19.5 Å². The molecule has 6 heteroatoms. The number of piperidine rings is 1. The maximum Gasteiger partial charge on any atom is 0.224 e. The molecule has 1 aliphatic heterocycles. The Labute approximate surface area is 114 Å². The normalized spacial score (nSPS) is 19.5. The predicted molar refractivity (Wildman–Crippen MR) is 71.1 cm³/mol. The molecule has 6 nitrogen and oxygen atoms in total. The fourth-order valence-corrected chi connectivity index (χ4v) is 2.25. The molecule has 0 radical (unpaired) electrons. The number of hydrogen-bond acceptors (Lipinski definition) is 4. The zero-order chi connectivity index (χ0) is 14.1. The van der Waals surface area contributed by atoms with Crippen LogP contribution >= 0.6 is 0 Å². The van der Waals surface area contributed by atoms with Gasteiger partial charge in [0.2, 0.25) is 11.8 Å². The molecule has 106 valence electrons. The van der Waals surface area contributed by atoms with E-state index in [2.05, 4.69) is 21.6 Å². The Kier molecular flexibility index (Phi) is 6.90. The molecule has 1 fully saturated rings. The van der Waals surface area contributed by atoms with Gasteiger partial charge in [-0.15, -0.1) is 0 Å². The number of carbonyl (C=O) groups excluding carboxylic acids is 2. The maximum absolute atomic E-state index is 11.9. The lowest BCUT2D eigenvalue weighted by atomic mass is 9.97. The van der Waals surface area contributed by atoms with E-state index in [0.717, 1.165) is 32.5 Å². The summed E-state index contributed by atoms with van der Waals surface area (Å²) in [6.45, 7) is 4.83. The molecular formula is C13H22N4O2. The first-order chi connectivity index (χ1) is 9.13. The first-order valence-corrected chi connectivity index (χ1v) is 6.75. The van der Waals surface area contributed by atoms with Crippen LogP contribution in [0.3, 0.4) is 0 Å². The Morgan fingerprint density at radius 1 is 1.37 bits per heavy atom. The fourth-order valence-electron chi connectivity index (χ4n) is 2.25. The Hall–Kier alpha value is -1.61. The van der Waals surface area contributed by atoms with Crippen molar-refractivity contribution >= 4 is 11.8 Å². The van der Waals surface area contributed by atoms with Crippen LogP contribution in [-0.4, -0.2) is 49.4 Å². The van der Waals surface area contributed by atoms with Gasteiger partial charge in [0.05, 0.1) is 12.0 Å². The number of likely N-dealkylation sites (tertiary alicyclic amines) is 1. The Bertz CT molecular complexity index is 351. The minimum atomic E-state index is -0.0883. The summed E-state index contributed by atoms with van der Waals surface area (Å²) in [5, 5.41) is 14.0. The second-order valence-corrected chi connectivity index (χ2v) is 4.82. The van der Waals surface area contributed by atoms with Crippen molar-refractivity contribution in [2.75, 3.05) is 32.7 Å². The highest BCUT2D eigenvalue weighted by molar-refractivity contribution is 5.79. The third-order valence-electron chi connectivity index (χ3n) is 3.21. The van der Waals surface area contributed by atoms with Crippen molar-refractivity contribution in [1.29, 1.82) is 5.26 Å². The van der Waals surface area contributed by atoms with Gasteiger partial charge in [-0.2, -0.15) is 5.26 Å². The molecule has 0 spiro atoms. The SMILES string of the molecule is CC(=O)NCCNC(=O)C1CCCN(CCC#N)C1. The summed E-state index contributed by atoms with van der Waals surface area (Å²) in [5.41, 5.74) is 0. The quantitative estimate of drug-likeness (QED) is 0.656. The van der Waals surface area contributed by atoms with Crippen molar-refractivity contribution < 1.29 is 9.59 Å². The smallest absolute Gasteiger partial charge is 0.224 e. The fraction of sp³-hybridized carbons (Fsp3) is 0.769. The lowest BCUT2D eigenvalue weighted by molar-refractivity contribution is -0.127. The third-order valence-corrected chi connectivity index (χ3v) is 3.21. The molecule has 0 aliphatic carbocycles. The standard InChI is InChI=1S/C13H22N4O2/c1-11(18)15-6-7-16-13(19)12-4-2-8-17(10-12)9-3-5-14/h12H,2-4,6-10H2,1H3,(H,15,18)(H,16,19). The Morgan fingerprint density at radius 2 is 2.11 bits per heavy atom. The first-order valence-electron chi connectivity index (χ1n) is 6.75. The van der Waals surface area contributed by atoms with Crippen LogP contribution in [0, 0.1) is 17.2 Å². The molecule has 19 heavy (non-hydrogen) atoms. The minimum absolute atomic E-state index is 0.00442. The highest BCUT2D eigenvalue weighted by atomic mass is 16.2. The lowest BCUT2D eigenvalue weighted by Gasteiger charge is -2.31. The van der Waals surface area contributed by atoms with Gasteiger partial charge in [-0.3, -0.25) is 9.59 Å². The summed E-state index contributed by atoms with van der Waals surface area (Å²) < 4.78 is 0. The van der Waals surface area contributed by atoms with Crippen molar-refractivity contribution in [2.45, 2.75) is 26.2 Å². The molecule has 2 amide bonds. The summed E-state index contributed by atoms with van der Waals surface area (Å²) in [7, 11) is 0. The van der Waals surface area contributed by atoms with Crippen LogP contribution in [0.25, 0.3) is 0 Å². The highest BCUT2D eigenvalue weighted by Crippen LogP contribution is 2.16. The average molecular weight is 266 g/mol. The molecular weight excluding hydrogens is 244 g/mol. The van der Waals surface area contributed by atoms with Crippen molar-refractivity contribution in [3.05, 3.63) is 0 Å². The molecule has 1 heterocycles. The topological polar surface area (TPSA) is 85.2 Å². The van der Waals surface area contributed by atoms with Crippen molar-refractivity contribution in [1.82, 2.24) is 15.5 Å². The molecule has 1 saturated heterocycles. The number of nitriles is 1. The second kappa shape index (κ2) is 8.48. The number of rotatable bonds is 6. The Morgan fingerprint density at radius 3 is 2.79 bits per heavy atom. The van der Waals surface area contributed by atoms with Gasteiger partial charge < -0.3 is 15.5 Å². The largest absolute Gasteiger partial charge is 0.355 e. The van der Waals surface area contributed by atoms with Crippen LogP contribution in [0.1, 0.15) is 26.2 Å². The van der Waals surface area contributed by atoms with Crippen LogP contribution < -0.4 is 10.6 Å². The summed E-state index contributed by atoms with van der Waals surface area (Å²) in [6.07, 6.45) is 2.40. The molecule has 0 bridgehead atoms. The van der Waals surface area contributed by atoms with E-state index < -0.39 is 0 Å². The minimum Gasteiger partial charge on any atom is -0.355 e. The van der Waals surface area contributed by atoms with Gasteiger partial charge in [0.1, 0.15) is 0 Å². The predicted octanol–water partition coefficient (Wildman–Crippen LogP) is -0.136. The number of nitrogens with zero attached hydrogens (tertiary/aromatic N) is 2. The van der Waals surface area contributed by atoms with Crippen LogP contribution in [0.2, 0.25) is 0 Å². The van der Waals surface area contributed by atoms with E-state index in [-0.39, 0.29) is 17.7 Å². The van der Waals surface area contributed by atoms with E-state index in [1.165, 1.54) is 6.92 Å². The van der Waals surface area contributed by atoms with Crippen molar-refractivity contribution in [2.24, 2.45) is 5.92 Å². The maximum atomic E-state index is 11.9. The molecule has 1 unspecified atom stereocenters. The second-order valence-electron chi connectivity index (χ2n) is 4.82. The van der Waals surface area contributed by atoms with Crippen molar-refractivity contribution in [3.8, 4) is 6.07 Å². The van der Waals surface area contributed by atoms with Crippen molar-refractivity contribution in [3.63, 3.8) is 0 Å². The summed E-state index contributed by atoms with van der Waals surface area (Å²) in [4.78, 5) is 24.8. The number of amides is 2. The third kappa shape index (κ3) is 6.20. The molecule has 1 atom stereocenters. The van der Waals surface area contributed by atoms with Crippen LogP contribution in [-0.2, 0) is 9.59 Å². The molecule has 0 aromatic rings. The average Bonchev–Trinajstić information content (AvgIpc) is 2.41. The number of hydrogen-bond donors (Lipinski definition) is 2. The van der Waals surface area contributed by atoms with Gasteiger partial charge in [-0.25, -0.2) is 0 Å². The van der Waals surface area contributed by atoms with Gasteiger partial charge in [-0.1, -0.05) is 0 Å². The molecule has 2 N–H and O–H groups in total. The van der Waals surface area contributed by atoms with E-state index in [4.69, 9.17) is 5.26 Å². The highest BCUT2D eigenvalue weighted by Gasteiger charge is 2.25. The van der Waals surface area contributed by atoms with Gasteiger partial charge in [0.25, 0.3) is 0 Å². The summed E-state index contributed by atoms with van der Waals surface area (Å²) >= 11 is 0. The number of carbonyl (C=O) groups is 2. The van der Waals surface area contributed by atoms with Gasteiger partial charge in [0, 0.05) is 39.5 Å². The lowest BCUT2D eigenvalue weighted by Crippen LogP contribution is -2.44. The zero-order valence-electron chi connectivity index (χ0n) is 11.4. The van der Waals surface area contributed by atoms with E-state index in [9.17, 15) is 9.59 Å². The van der Waals surface area contributed by atoms with Crippen LogP contribution in [0.5, 0.6) is 0 Å². The molecule has 1 aliphatic rings. The molecule has 0 aromatic carbocycles. The summed E-state index contributed by atoms with van der Waals surface area (Å²) in [5.74, 6) is -0.0358. The van der Waals surface area contributed by atoms with Crippen LogP contribution in [0.4, 0.5) is 0 Å². The van der Waals surface area contributed by atoms with Gasteiger partial charge in [0.15, 0.2) is 0 Å². The monoisotopic (exact) mass is 266 g/mol. The molecule has 0 saturated carbocycles. The number of nitrogens with one attached hydrogen (secondary N) is 2. The molecule has 0 aromatic heterocycles. The molecule has 1 rings (SSSR count). The van der Waals surface area contributed by atoms with E-state index in [1.54, 1.807) is 0 Å².